The number of pyridine rings is 1. The fourth-order valence-electron chi connectivity index (χ4n) is 2.62. The Hall–Kier alpha value is -1.65. The zero-order chi connectivity index (χ0) is 15.7. The van der Waals surface area contributed by atoms with Crippen molar-refractivity contribution in [2.75, 3.05) is 0 Å². The third kappa shape index (κ3) is 2.94. The van der Waals surface area contributed by atoms with E-state index >= 15 is 0 Å². The van der Waals surface area contributed by atoms with Gasteiger partial charge >= 0.3 is 0 Å². The maximum atomic E-state index is 13.7. The second-order valence-electron chi connectivity index (χ2n) is 5.21. The number of carbonyl (C=O) groups excluding carboxylic acids is 1. The third-order valence-corrected chi connectivity index (χ3v) is 4.47. The van der Waals surface area contributed by atoms with Crippen molar-refractivity contribution in [3.05, 3.63) is 63.1 Å². The Bertz CT molecular complexity index is 716. The van der Waals surface area contributed by atoms with Crippen LogP contribution in [0.2, 0.25) is 10.0 Å². The van der Waals surface area contributed by atoms with E-state index < -0.39 is 0 Å². The van der Waals surface area contributed by atoms with Crippen LogP contribution < -0.4 is 0 Å². The predicted molar refractivity (Wildman–Crippen MR) is 83.2 cm³/mol. The molecule has 0 saturated carbocycles. The van der Waals surface area contributed by atoms with Crippen molar-refractivity contribution in [1.82, 2.24) is 9.88 Å². The zero-order valence-electron chi connectivity index (χ0n) is 11.7. The van der Waals surface area contributed by atoms with Crippen molar-refractivity contribution >= 4 is 29.1 Å². The third-order valence-electron chi connectivity index (χ3n) is 3.82. The van der Waals surface area contributed by atoms with Crippen molar-refractivity contribution in [1.29, 1.82) is 0 Å². The molecule has 1 aromatic heterocycles. The minimum absolute atomic E-state index is 0.0421. The van der Waals surface area contributed by atoms with Gasteiger partial charge in [-0.1, -0.05) is 35.3 Å². The van der Waals surface area contributed by atoms with Gasteiger partial charge in [0.2, 0.25) is 5.91 Å². The number of benzene rings is 1. The largest absolute Gasteiger partial charge is 0.334 e. The van der Waals surface area contributed by atoms with Gasteiger partial charge in [-0.05, 0) is 23.6 Å². The van der Waals surface area contributed by atoms with Crippen LogP contribution >= 0.6 is 23.2 Å². The molecule has 0 aliphatic carbocycles. The number of nitrogens with zero attached hydrogens (tertiary/aromatic N) is 2. The van der Waals surface area contributed by atoms with Gasteiger partial charge in [-0.3, -0.25) is 9.78 Å². The van der Waals surface area contributed by atoms with Crippen LogP contribution in [0, 0.1) is 5.82 Å². The fourth-order valence-corrected chi connectivity index (χ4v) is 3.18. The van der Waals surface area contributed by atoms with Gasteiger partial charge in [-0.25, -0.2) is 4.39 Å². The molecule has 0 spiro atoms. The SMILES string of the molecule is O=C(CCc1c(Cl)cncc1Cl)N1Cc2cccc(F)c2C1. The van der Waals surface area contributed by atoms with Gasteiger partial charge in [0.15, 0.2) is 0 Å². The molecule has 0 bridgehead atoms. The van der Waals surface area contributed by atoms with Crippen molar-refractivity contribution in [3.63, 3.8) is 0 Å². The zero-order valence-corrected chi connectivity index (χ0v) is 13.2. The summed E-state index contributed by atoms with van der Waals surface area (Å²) in [6, 6.07) is 4.93. The molecule has 2 heterocycles. The Morgan fingerprint density at radius 1 is 1.23 bits per heavy atom. The molecule has 0 saturated heterocycles. The Morgan fingerprint density at radius 3 is 2.64 bits per heavy atom. The van der Waals surface area contributed by atoms with E-state index in [0.29, 0.717) is 35.1 Å². The normalized spacial score (nSPS) is 13.3. The first-order valence-corrected chi connectivity index (χ1v) is 7.64. The van der Waals surface area contributed by atoms with Gasteiger partial charge in [0.05, 0.1) is 10.0 Å². The van der Waals surface area contributed by atoms with Gasteiger partial charge in [-0.2, -0.15) is 0 Å². The second-order valence-corrected chi connectivity index (χ2v) is 6.02. The van der Waals surface area contributed by atoms with E-state index in [-0.39, 0.29) is 18.1 Å². The molecule has 2 aromatic rings. The summed E-state index contributed by atoms with van der Waals surface area (Å²) in [6.45, 7) is 0.766. The summed E-state index contributed by atoms with van der Waals surface area (Å²) in [7, 11) is 0. The van der Waals surface area contributed by atoms with Crippen molar-refractivity contribution in [3.8, 4) is 0 Å². The molecule has 3 nitrogen and oxygen atoms in total. The maximum Gasteiger partial charge on any atom is 0.223 e. The average Bonchev–Trinajstić information content (AvgIpc) is 2.92. The molecule has 0 unspecified atom stereocenters. The summed E-state index contributed by atoms with van der Waals surface area (Å²) in [5, 5.41) is 0.909. The molecule has 114 valence electrons. The molecule has 0 fully saturated rings. The summed E-state index contributed by atoms with van der Waals surface area (Å²) in [5.41, 5.74) is 2.19. The van der Waals surface area contributed by atoms with Crippen LogP contribution in [0.4, 0.5) is 4.39 Å². The monoisotopic (exact) mass is 338 g/mol. The predicted octanol–water partition coefficient (Wildman–Crippen LogP) is 4.00. The van der Waals surface area contributed by atoms with E-state index in [4.69, 9.17) is 23.2 Å². The van der Waals surface area contributed by atoms with Crippen LogP contribution in [-0.2, 0) is 24.3 Å². The highest BCUT2D eigenvalue weighted by molar-refractivity contribution is 6.35. The number of aromatic nitrogens is 1. The molecule has 1 aliphatic heterocycles. The Balaban J connectivity index is 1.66. The van der Waals surface area contributed by atoms with Crippen LogP contribution in [0.5, 0.6) is 0 Å². The van der Waals surface area contributed by atoms with Crippen LogP contribution in [-0.4, -0.2) is 15.8 Å². The molecule has 0 radical (unpaired) electrons. The van der Waals surface area contributed by atoms with E-state index in [1.54, 1.807) is 11.0 Å². The number of hydrogen-bond donors (Lipinski definition) is 0. The molecular weight excluding hydrogens is 326 g/mol. The van der Waals surface area contributed by atoms with E-state index in [9.17, 15) is 9.18 Å². The minimum Gasteiger partial charge on any atom is -0.334 e. The number of halogens is 3. The topological polar surface area (TPSA) is 33.2 Å². The Kier molecular flexibility index (Phi) is 4.32. The number of carbonyl (C=O) groups is 1. The lowest BCUT2D eigenvalue weighted by Gasteiger charge is -2.15. The molecule has 22 heavy (non-hydrogen) atoms. The molecule has 1 aromatic carbocycles. The van der Waals surface area contributed by atoms with E-state index in [1.807, 2.05) is 6.07 Å². The van der Waals surface area contributed by atoms with Crippen LogP contribution in [0.1, 0.15) is 23.1 Å². The first-order chi connectivity index (χ1) is 10.6. The molecule has 6 heteroatoms. The van der Waals surface area contributed by atoms with Gasteiger partial charge < -0.3 is 4.90 Å². The van der Waals surface area contributed by atoms with Gasteiger partial charge in [0.25, 0.3) is 0 Å². The summed E-state index contributed by atoms with van der Waals surface area (Å²) in [4.78, 5) is 17.9. The standard InChI is InChI=1S/C16H13Cl2FN2O/c17-13-6-20-7-14(18)11(13)4-5-16(22)21-8-10-2-1-3-15(19)12(10)9-21/h1-3,6-7H,4-5,8-9H2. The summed E-state index contributed by atoms with van der Waals surface area (Å²) in [5.74, 6) is -0.299. The first kappa shape index (κ1) is 15.3. The fraction of sp³-hybridized carbons (Fsp3) is 0.250. The summed E-state index contributed by atoms with van der Waals surface area (Å²) in [6.07, 6.45) is 3.73. The van der Waals surface area contributed by atoms with Crippen molar-refractivity contribution in [2.24, 2.45) is 0 Å². The number of fused-ring (bicyclic) bond motifs is 1. The van der Waals surface area contributed by atoms with Crippen molar-refractivity contribution in [2.45, 2.75) is 25.9 Å². The average molecular weight is 339 g/mol. The van der Waals surface area contributed by atoms with Gasteiger partial charge in [-0.15, -0.1) is 0 Å². The summed E-state index contributed by atoms with van der Waals surface area (Å²) >= 11 is 12.1. The molecule has 0 N–H and O–H groups in total. The molecule has 3 rings (SSSR count). The smallest absolute Gasteiger partial charge is 0.223 e. The highest BCUT2D eigenvalue weighted by Gasteiger charge is 2.25. The van der Waals surface area contributed by atoms with Crippen LogP contribution in [0.15, 0.2) is 30.6 Å². The number of hydrogen-bond acceptors (Lipinski definition) is 2. The lowest BCUT2D eigenvalue weighted by molar-refractivity contribution is -0.131. The lowest BCUT2D eigenvalue weighted by atomic mass is 10.1. The lowest BCUT2D eigenvalue weighted by Crippen LogP contribution is -2.25. The van der Waals surface area contributed by atoms with E-state index in [0.717, 1.165) is 11.1 Å². The van der Waals surface area contributed by atoms with Gasteiger partial charge in [0.1, 0.15) is 5.82 Å². The molecular formula is C16H13Cl2FN2O. The van der Waals surface area contributed by atoms with Crippen LogP contribution in [0.25, 0.3) is 0 Å². The first-order valence-electron chi connectivity index (χ1n) is 6.88. The van der Waals surface area contributed by atoms with Crippen LogP contribution in [0.3, 0.4) is 0 Å². The summed E-state index contributed by atoms with van der Waals surface area (Å²) < 4.78 is 13.7. The highest BCUT2D eigenvalue weighted by Crippen LogP contribution is 2.27. The molecule has 1 aliphatic rings. The molecule has 0 atom stereocenters. The Morgan fingerprint density at radius 2 is 1.95 bits per heavy atom. The second kappa shape index (κ2) is 6.23. The van der Waals surface area contributed by atoms with E-state index in [1.165, 1.54) is 18.5 Å². The highest BCUT2D eigenvalue weighted by atomic mass is 35.5. The maximum absolute atomic E-state index is 13.7. The Labute approximate surface area is 137 Å². The quantitative estimate of drug-likeness (QED) is 0.847. The van der Waals surface area contributed by atoms with E-state index in [2.05, 4.69) is 4.98 Å². The minimum atomic E-state index is -0.256. The van der Waals surface area contributed by atoms with Crippen molar-refractivity contribution < 1.29 is 9.18 Å². The molecule has 1 amide bonds. The number of rotatable bonds is 3. The number of amides is 1. The van der Waals surface area contributed by atoms with Gasteiger partial charge in [0, 0.05) is 37.5 Å².